The molecule has 2 N–H and O–H groups in total. The van der Waals surface area contributed by atoms with Gasteiger partial charge in [0.2, 0.25) is 5.91 Å². The molecule has 29 heavy (non-hydrogen) atoms. The lowest BCUT2D eigenvalue weighted by molar-refractivity contribution is -0.146. The van der Waals surface area contributed by atoms with Crippen molar-refractivity contribution in [3.63, 3.8) is 0 Å². The highest BCUT2D eigenvalue weighted by Crippen LogP contribution is 2.15. The van der Waals surface area contributed by atoms with Crippen LogP contribution in [0.4, 0.5) is 0 Å². The van der Waals surface area contributed by atoms with Gasteiger partial charge in [0.15, 0.2) is 0 Å². The Morgan fingerprint density at radius 1 is 0.931 bits per heavy atom. The second-order valence-electron chi connectivity index (χ2n) is 7.84. The largest absolute Gasteiger partial charge is 0.342 e. The topological polar surface area (TPSA) is 69.6 Å². The Balaban J connectivity index is 2.02. The number of unbranched alkanes of at least 4 members (excludes halogenated alkanes) is 1. The van der Waals surface area contributed by atoms with E-state index in [-0.39, 0.29) is 12.3 Å². The second-order valence-corrected chi connectivity index (χ2v) is 7.84. The summed E-state index contributed by atoms with van der Waals surface area (Å²) in [4.78, 5) is 27.2. The van der Waals surface area contributed by atoms with E-state index in [0.29, 0.717) is 19.0 Å². The predicted octanol–water partition coefficient (Wildman–Crippen LogP) is 3.86. The Kier molecular flexibility index (Phi) is 9.38. The van der Waals surface area contributed by atoms with E-state index >= 15 is 0 Å². The van der Waals surface area contributed by atoms with Gasteiger partial charge >= 0.3 is 0 Å². The van der Waals surface area contributed by atoms with Gasteiger partial charge < -0.3 is 4.90 Å². The van der Waals surface area contributed by atoms with Gasteiger partial charge in [-0.3, -0.25) is 14.8 Å². The Bertz CT molecular complexity index is 747. The number of carbonyl (C=O) groups excluding carboxylic acids is 2. The van der Waals surface area contributed by atoms with E-state index in [1.807, 2.05) is 48.5 Å². The molecule has 0 saturated carbocycles. The molecule has 5 nitrogen and oxygen atoms in total. The van der Waals surface area contributed by atoms with Crippen molar-refractivity contribution in [2.45, 2.75) is 39.5 Å². The average molecular weight is 397 g/mol. The van der Waals surface area contributed by atoms with Gasteiger partial charge in [0.25, 0.3) is 5.91 Å². The Morgan fingerprint density at radius 2 is 1.52 bits per heavy atom. The molecule has 0 aliphatic heterocycles. The van der Waals surface area contributed by atoms with Crippen LogP contribution >= 0.6 is 0 Å². The first-order chi connectivity index (χ1) is 14.0. The fraction of sp³-hybridized carbons (Fsp3) is 0.417. The molecule has 0 saturated heterocycles. The summed E-state index contributed by atoms with van der Waals surface area (Å²) in [6.45, 7) is 5.31. The number of hydrogen-bond acceptors (Lipinski definition) is 3. The third kappa shape index (κ3) is 7.70. The van der Waals surface area contributed by atoms with Gasteiger partial charge in [0.1, 0.15) is 5.92 Å². The molecule has 0 heterocycles. The van der Waals surface area contributed by atoms with Gasteiger partial charge in [-0.15, -0.1) is 0 Å². The van der Waals surface area contributed by atoms with Crippen molar-refractivity contribution in [2.24, 2.45) is 11.8 Å². The molecule has 2 rings (SSSR count). The molecular weight excluding hydrogens is 364 g/mol. The number of carbonyl (C=O) groups is 2. The first kappa shape index (κ1) is 22.6. The van der Waals surface area contributed by atoms with Crippen LogP contribution in [0.25, 0.3) is 0 Å². The molecule has 2 aromatic carbocycles. The lowest BCUT2D eigenvalue weighted by Crippen LogP contribution is -2.45. The van der Waals surface area contributed by atoms with Crippen LogP contribution in [-0.2, 0) is 22.4 Å². The molecule has 0 aliphatic carbocycles. The normalized spacial score (nSPS) is 11.9. The lowest BCUT2D eigenvalue weighted by Gasteiger charge is -2.28. The number of nitrogens with one attached hydrogen (secondary N) is 1. The van der Waals surface area contributed by atoms with Crippen LogP contribution in [0.15, 0.2) is 60.7 Å². The van der Waals surface area contributed by atoms with E-state index in [4.69, 9.17) is 5.21 Å². The van der Waals surface area contributed by atoms with Crippen LogP contribution in [0.5, 0.6) is 0 Å². The molecule has 0 bridgehead atoms. The molecule has 0 aliphatic rings. The summed E-state index contributed by atoms with van der Waals surface area (Å²) in [5, 5.41) is 9.17. The molecule has 0 aromatic heterocycles. The minimum absolute atomic E-state index is 0.228. The number of nitrogens with zero attached hydrogens (tertiary/aromatic N) is 1. The molecular formula is C24H32N2O3. The molecule has 1 atom stereocenters. The van der Waals surface area contributed by atoms with Crippen molar-refractivity contribution in [1.82, 2.24) is 10.4 Å². The van der Waals surface area contributed by atoms with Crippen molar-refractivity contribution < 1.29 is 14.8 Å². The van der Waals surface area contributed by atoms with Crippen LogP contribution < -0.4 is 5.48 Å². The van der Waals surface area contributed by atoms with Crippen molar-refractivity contribution in [2.75, 3.05) is 13.1 Å². The Labute approximate surface area is 173 Å². The summed E-state index contributed by atoms with van der Waals surface area (Å²) in [6.07, 6.45) is 3.08. The zero-order chi connectivity index (χ0) is 21.1. The predicted molar refractivity (Wildman–Crippen MR) is 114 cm³/mol. The number of hydrogen-bond donors (Lipinski definition) is 2. The standard InChI is InChI=1S/C24H32N2O3/c1-19(2)18-26(16-10-9-13-20-11-5-3-6-12-20)24(28)22(23(27)25-29)17-21-14-7-4-8-15-21/h3-8,11-12,14-15,19,22,29H,9-10,13,16-18H2,1-2H3,(H,25,27). The minimum atomic E-state index is -0.935. The summed E-state index contributed by atoms with van der Waals surface area (Å²) in [7, 11) is 0. The number of hydroxylamine groups is 1. The van der Waals surface area contributed by atoms with Gasteiger partial charge in [0, 0.05) is 13.1 Å². The SMILES string of the molecule is CC(C)CN(CCCCc1ccccc1)C(=O)C(Cc1ccccc1)C(=O)NO. The third-order valence-corrected chi connectivity index (χ3v) is 4.89. The van der Waals surface area contributed by atoms with Crippen LogP contribution in [0.1, 0.15) is 37.8 Å². The van der Waals surface area contributed by atoms with E-state index in [2.05, 4.69) is 26.0 Å². The maximum Gasteiger partial charge on any atom is 0.256 e. The molecule has 0 radical (unpaired) electrons. The van der Waals surface area contributed by atoms with Crippen LogP contribution in [0.3, 0.4) is 0 Å². The first-order valence-electron chi connectivity index (χ1n) is 10.3. The maximum absolute atomic E-state index is 13.2. The van der Waals surface area contributed by atoms with E-state index < -0.39 is 11.8 Å². The van der Waals surface area contributed by atoms with Gasteiger partial charge in [-0.25, -0.2) is 5.48 Å². The van der Waals surface area contributed by atoms with Crippen LogP contribution in [-0.4, -0.2) is 35.0 Å². The summed E-state index contributed by atoms with van der Waals surface area (Å²) in [6, 6.07) is 19.7. The smallest absolute Gasteiger partial charge is 0.256 e. The van der Waals surface area contributed by atoms with Crippen molar-refractivity contribution >= 4 is 11.8 Å². The van der Waals surface area contributed by atoms with E-state index in [1.165, 1.54) is 5.56 Å². The minimum Gasteiger partial charge on any atom is -0.342 e. The van der Waals surface area contributed by atoms with Gasteiger partial charge in [-0.05, 0) is 42.7 Å². The highest BCUT2D eigenvalue weighted by molar-refractivity contribution is 6.00. The quantitative estimate of drug-likeness (QED) is 0.262. The lowest BCUT2D eigenvalue weighted by atomic mass is 9.96. The van der Waals surface area contributed by atoms with Crippen LogP contribution in [0, 0.1) is 11.8 Å². The zero-order valence-corrected chi connectivity index (χ0v) is 17.4. The first-order valence-corrected chi connectivity index (χ1v) is 10.3. The number of aryl methyl sites for hydroxylation is 1. The monoisotopic (exact) mass is 396 g/mol. The molecule has 0 spiro atoms. The summed E-state index contributed by atoms with van der Waals surface area (Å²) >= 11 is 0. The van der Waals surface area contributed by atoms with Crippen LogP contribution in [0.2, 0.25) is 0 Å². The second kappa shape index (κ2) is 12.0. The van der Waals surface area contributed by atoms with Gasteiger partial charge in [0.05, 0.1) is 0 Å². The number of benzene rings is 2. The third-order valence-electron chi connectivity index (χ3n) is 4.89. The summed E-state index contributed by atoms with van der Waals surface area (Å²) in [5.41, 5.74) is 3.86. The van der Waals surface area contributed by atoms with Gasteiger partial charge in [-0.2, -0.15) is 0 Å². The highest BCUT2D eigenvalue weighted by Gasteiger charge is 2.31. The maximum atomic E-state index is 13.2. The average Bonchev–Trinajstić information content (AvgIpc) is 2.74. The summed E-state index contributed by atoms with van der Waals surface area (Å²) < 4.78 is 0. The fourth-order valence-electron chi connectivity index (χ4n) is 3.45. The van der Waals surface area contributed by atoms with E-state index in [9.17, 15) is 9.59 Å². The molecule has 156 valence electrons. The Morgan fingerprint density at radius 3 is 2.07 bits per heavy atom. The molecule has 5 heteroatoms. The molecule has 2 amide bonds. The molecule has 0 fully saturated rings. The van der Waals surface area contributed by atoms with E-state index in [0.717, 1.165) is 24.8 Å². The molecule has 1 unspecified atom stereocenters. The van der Waals surface area contributed by atoms with Crippen molar-refractivity contribution in [1.29, 1.82) is 0 Å². The summed E-state index contributed by atoms with van der Waals surface area (Å²) in [5.74, 6) is -1.52. The fourth-order valence-corrected chi connectivity index (χ4v) is 3.45. The Hall–Kier alpha value is -2.66. The van der Waals surface area contributed by atoms with Crippen molar-refractivity contribution in [3.8, 4) is 0 Å². The van der Waals surface area contributed by atoms with Gasteiger partial charge in [-0.1, -0.05) is 74.5 Å². The van der Waals surface area contributed by atoms with E-state index in [1.54, 1.807) is 10.4 Å². The zero-order valence-electron chi connectivity index (χ0n) is 17.4. The number of rotatable bonds is 11. The number of amides is 2. The highest BCUT2D eigenvalue weighted by atomic mass is 16.5. The van der Waals surface area contributed by atoms with Crippen molar-refractivity contribution in [3.05, 3.63) is 71.8 Å². The molecule has 2 aromatic rings.